The second-order valence-electron chi connectivity index (χ2n) is 3.85. The summed E-state index contributed by atoms with van der Waals surface area (Å²) in [7, 11) is 0. The Kier molecular flexibility index (Phi) is 2.95. The van der Waals surface area contributed by atoms with Crippen molar-refractivity contribution < 1.29 is 13.2 Å². The average Bonchev–Trinajstić information content (AvgIpc) is 2.28. The van der Waals surface area contributed by atoms with Gasteiger partial charge in [0.1, 0.15) is 6.54 Å². The topological polar surface area (TPSA) is 30.3 Å². The molecule has 0 unspecified atom stereocenters. The van der Waals surface area contributed by atoms with Gasteiger partial charge in [-0.2, -0.15) is 13.2 Å². The van der Waals surface area contributed by atoms with Gasteiger partial charge in [-0.05, 0) is 12.1 Å². The van der Waals surface area contributed by atoms with Gasteiger partial charge in [-0.15, -0.1) is 0 Å². The summed E-state index contributed by atoms with van der Waals surface area (Å²) in [6.07, 6.45) is -3.07. The maximum atomic E-state index is 12.4. The quantitative estimate of drug-likeness (QED) is 0.639. The lowest BCUT2D eigenvalue weighted by atomic mass is 10.1. The van der Waals surface area contributed by atoms with Crippen molar-refractivity contribution in [1.82, 2.24) is 0 Å². The molecular formula is C11H12F3N3. The Balaban J connectivity index is 2.31. The molecule has 0 bridgehead atoms. The Bertz CT molecular complexity index is 417. The maximum Gasteiger partial charge on any atom is 0.405 e. The molecule has 0 radical (unpaired) electrons. The van der Waals surface area contributed by atoms with Crippen molar-refractivity contribution in [2.45, 2.75) is 6.18 Å². The van der Waals surface area contributed by atoms with Gasteiger partial charge >= 0.3 is 6.18 Å². The van der Waals surface area contributed by atoms with Crippen LogP contribution in [0.2, 0.25) is 0 Å². The van der Waals surface area contributed by atoms with E-state index >= 15 is 0 Å². The van der Waals surface area contributed by atoms with E-state index in [2.05, 4.69) is 0 Å². The number of hydrogen-bond acceptors (Lipinski definition) is 2. The van der Waals surface area contributed by atoms with Crippen LogP contribution in [-0.2, 0) is 0 Å². The largest absolute Gasteiger partial charge is 0.405 e. The first-order valence-corrected chi connectivity index (χ1v) is 5.19. The molecule has 1 aliphatic rings. The van der Waals surface area contributed by atoms with Crippen molar-refractivity contribution in [3.8, 4) is 0 Å². The first-order chi connectivity index (χ1) is 8.01. The first-order valence-electron chi connectivity index (χ1n) is 5.19. The molecule has 3 nitrogen and oxygen atoms in total. The second kappa shape index (κ2) is 4.27. The maximum absolute atomic E-state index is 12.4. The molecule has 1 aromatic carbocycles. The van der Waals surface area contributed by atoms with Crippen LogP contribution in [0.1, 0.15) is 0 Å². The third kappa shape index (κ3) is 2.51. The minimum Gasteiger partial charge on any atom is -0.359 e. The molecule has 2 rings (SSSR count). The number of fused-ring (bicyclic) bond motifs is 1. The van der Waals surface area contributed by atoms with E-state index in [1.165, 1.54) is 4.90 Å². The standard InChI is InChI=1S/C11H12F3N3/c12-11(13,14)7-16-5-6-17(8-15)10-4-2-1-3-9(10)16/h1-4,8,15H,5-7H2. The van der Waals surface area contributed by atoms with Gasteiger partial charge in [-0.1, -0.05) is 12.1 Å². The minimum atomic E-state index is -4.21. The molecule has 92 valence electrons. The average molecular weight is 243 g/mol. The van der Waals surface area contributed by atoms with Crippen LogP contribution in [0, 0.1) is 5.41 Å². The highest BCUT2D eigenvalue weighted by molar-refractivity contribution is 5.86. The predicted molar refractivity (Wildman–Crippen MR) is 60.8 cm³/mol. The molecule has 0 saturated heterocycles. The minimum absolute atomic E-state index is 0.270. The number of para-hydroxylation sites is 2. The lowest BCUT2D eigenvalue weighted by Crippen LogP contribution is -2.44. The summed E-state index contributed by atoms with van der Waals surface area (Å²) in [6, 6.07) is 6.84. The summed E-state index contributed by atoms with van der Waals surface area (Å²) >= 11 is 0. The van der Waals surface area contributed by atoms with E-state index in [-0.39, 0.29) is 6.54 Å². The lowest BCUT2D eigenvalue weighted by molar-refractivity contribution is -0.119. The predicted octanol–water partition coefficient (Wildman–Crippen LogP) is 2.48. The van der Waals surface area contributed by atoms with Crippen LogP contribution in [0.4, 0.5) is 24.5 Å². The Morgan fingerprint density at radius 3 is 2.41 bits per heavy atom. The molecule has 1 heterocycles. The molecule has 1 N–H and O–H groups in total. The fourth-order valence-electron chi connectivity index (χ4n) is 1.96. The van der Waals surface area contributed by atoms with Gasteiger partial charge in [0.2, 0.25) is 0 Å². The van der Waals surface area contributed by atoms with Crippen LogP contribution in [0.5, 0.6) is 0 Å². The number of halogens is 3. The first kappa shape index (κ1) is 11.8. The Labute approximate surface area is 97.0 Å². The van der Waals surface area contributed by atoms with E-state index in [0.29, 0.717) is 17.9 Å². The number of alkyl halides is 3. The molecule has 0 spiro atoms. The Morgan fingerprint density at radius 1 is 1.18 bits per heavy atom. The highest BCUT2D eigenvalue weighted by atomic mass is 19.4. The van der Waals surface area contributed by atoms with E-state index in [1.54, 1.807) is 29.2 Å². The monoisotopic (exact) mass is 243 g/mol. The van der Waals surface area contributed by atoms with Crippen molar-refractivity contribution >= 4 is 17.7 Å². The summed E-state index contributed by atoms with van der Waals surface area (Å²) in [6.45, 7) is -0.279. The zero-order valence-corrected chi connectivity index (χ0v) is 9.04. The highest BCUT2D eigenvalue weighted by Gasteiger charge is 2.33. The van der Waals surface area contributed by atoms with E-state index in [4.69, 9.17) is 5.41 Å². The number of nitrogens with one attached hydrogen (secondary N) is 1. The van der Waals surface area contributed by atoms with Crippen LogP contribution < -0.4 is 9.80 Å². The van der Waals surface area contributed by atoms with Crippen LogP contribution >= 0.6 is 0 Å². The lowest BCUT2D eigenvalue weighted by Gasteiger charge is -2.36. The SMILES string of the molecule is N=CN1CCN(CC(F)(F)F)c2ccccc21. The summed E-state index contributed by atoms with van der Waals surface area (Å²) in [5.41, 5.74) is 1.18. The smallest absolute Gasteiger partial charge is 0.359 e. The van der Waals surface area contributed by atoms with Crippen molar-refractivity contribution in [3.05, 3.63) is 24.3 Å². The molecule has 1 aromatic rings. The van der Waals surface area contributed by atoms with Gasteiger partial charge in [0, 0.05) is 13.1 Å². The van der Waals surface area contributed by atoms with Gasteiger partial charge in [0.25, 0.3) is 0 Å². The third-order valence-electron chi connectivity index (χ3n) is 2.67. The third-order valence-corrected chi connectivity index (χ3v) is 2.67. The van der Waals surface area contributed by atoms with Crippen LogP contribution in [0.3, 0.4) is 0 Å². The molecule has 17 heavy (non-hydrogen) atoms. The fourth-order valence-corrected chi connectivity index (χ4v) is 1.96. The molecule has 0 fully saturated rings. The van der Waals surface area contributed by atoms with E-state index in [1.807, 2.05) is 0 Å². The van der Waals surface area contributed by atoms with E-state index in [9.17, 15) is 13.2 Å². The van der Waals surface area contributed by atoms with Crippen LogP contribution in [0.15, 0.2) is 24.3 Å². The Hall–Kier alpha value is -1.72. The van der Waals surface area contributed by atoms with Gasteiger partial charge in [-0.25, -0.2) is 0 Å². The molecule has 0 aliphatic carbocycles. The fraction of sp³-hybridized carbons (Fsp3) is 0.364. The van der Waals surface area contributed by atoms with Crippen LogP contribution in [-0.4, -0.2) is 32.1 Å². The summed E-state index contributed by atoms with van der Waals surface area (Å²) in [5, 5.41) is 7.23. The number of benzene rings is 1. The zero-order chi connectivity index (χ0) is 12.5. The molecule has 0 atom stereocenters. The van der Waals surface area contributed by atoms with E-state index in [0.717, 1.165) is 6.34 Å². The van der Waals surface area contributed by atoms with Crippen molar-refractivity contribution in [3.63, 3.8) is 0 Å². The summed E-state index contributed by atoms with van der Waals surface area (Å²) in [5.74, 6) is 0. The number of anilines is 2. The number of hydrogen-bond donors (Lipinski definition) is 1. The molecule has 1 aliphatic heterocycles. The van der Waals surface area contributed by atoms with Crippen LogP contribution in [0.25, 0.3) is 0 Å². The molecule has 6 heteroatoms. The normalized spacial score (nSPS) is 15.7. The van der Waals surface area contributed by atoms with E-state index < -0.39 is 12.7 Å². The molecule has 0 aromatic heterocycles. The summed E-state index contributed by atoms with van der Waals surface area (Å²) < 4.78 is 37.2. The van der Waals surface area contributed by atoms with Gasteiger partial charge < -0.3 is 9.80 Å². The number of nitrogens with zero attached hydrogens (tertiary/aromatic N) is 2. The Morgan fingerprint density at radius 2 is 1.82 bits per heavy atom. The summed E-state index contributed by atoms with van der Waals surface area (Å²) in [4.78, 5) is 2.94. The second-order valence-corrected chi connectivity index (χ2v) is 3.85. The number of rotatable bonds is 2. The van der Waals surface area contributed by atoms with Gasteiger partial charge in [-0.3, -0.25) is 5.41 Å². The zero-order valence-electron chi connectivity index (χ0n) is 9.04. The van der Waals surface area contributed by atoms with Crippen molar-refractivity contribution in [2.24, 2.45) is 0 Å². The molecule has 0 amide bonds. The molecular weight excluding hydrogens is 231 g/mol. The van der Waals surface area contributed by atoms with Crippen molar-refractivity contribution in [1.29, 1.82) is 5.41 Å². The van der Waals surface area contributed by atoms with Gasteiger partial charge in [0.05, 0.1) is 17.7 Å². The highest BCUT2D eigenvalue weighted by Crippen LogP contribution is 2.33. The molecule has 0 saturated carbocycles. The van der Waals surface area contributed by atoms with Gasteiger partial charge in [0.15, 0.2) is 0 Å². The van der Waals surface area contributed by atoms with Crippen molar-refractivity contribution in [2.75, 3.05) is 29.4 Å².